The number of carbonyl (C=O) groups excluding carboxylic acids is 1. The highest BCUT2D eigenvalue weighted by Gasteiger charge is 2.16. The van der Waals surface area contributed by atoms with E-state index in [1.165, 1.54) is 6.42 Å². The summed E-state index contributed by atoms with van der Waals surface area (Å²) in [6.45, 7) is 1.69. The molecule has 1 aromatic carbocycles. The first-order valence-corrected chi connectivity index (χ1v) is 6.85. The van der Waals surface area contributed by atoms with Crippen molar-refractivity contribution in [1.29, 1.82) is 0 Å². The van der Waals surface area contributed by atoms with Crippen LogP contribution in [0.3, 0.4) is 0 Å². The van der Waals surface area contributed by atoms with E-state index < -0.39 is 0 Å². The maximum Gasteiger partial charge on any atom is 0.321 e. The molecule has 17 heavy (non-hydrogen) atoms. The van der Waals surface area contributed by atoms with Crippen LogP contribution in [0.2, 0.25) is 5.02 Å². The summed E-state index contributed by atoms with van der Waals surface area (Å²) in [5, 5.41) is 3.53. The number of nitrogens with zero attached hydrogens (tertiary/aromatic N) is 1. The molecule has 3 nitrogen and oxygen atoms in total. The Morgan fingerprint density at radius 1 is 1.29 bits per heavy atom. The molecule has 1 N–H and O–H groups in total. The van der Waals surface area contributed by atoms with Gasteiger partial charge in [0.15, 0.2) is 0 Å². The van der Waals surface area contributed by atoms with Gasteiger partial charge in [-0.3, -0.25) is 0 Å². The van der Waals surface area contributed by atoms with E-state index in [9.17, 15) is 4.79 Å². The Morgan fingerprint density at radius 2 is 2.00 bits per heavy atom. The molecule has 1 saturated heterocycles. The maximum absolute atomic E-state index is 12.0. The minimum absolute atomic E-state index is 0.0345. The number of amides is 2. The van der Waals surface area contributed by atoms with E-state index >= 15 is 0 Å². The first kappa shape index (κ1) is 12.7. The highest BCUT2D eigenvalue weighted by atomic mass is 79.9. The van der Waals surface area contributed by atoms with Crippen molar-refractivity contribution >= 4 is 39.2 Å². The molecule has 1 aromatic rings. The summed E-state index contributed by atoms with van der Waals surface area (Å²) in [7, 11) is 0. The van der Waals surface area contributed by atoms with Crippen LogP contribution >= 0.6 is 27.5 Å². The van der Waals surface area contributed by atoms with Crippen molar-refractivity contribution in [2.24, 2.45) is 0 Å². The number of nitrogens with one attached hydrogen (secondary N) is 1. The fourth-order valence-electron chi connectivity index (χ4n) is 1.88. The molecular formula is C12H14BrClN2O. The molecule has 1 heterocycles. The van der Waals surface area contributed by atoms with E-state index in [0.29, 0.717) is 5.02 Å². The number of likely N-dealkylation sites (tertiary alicyclic amines) is 1. The molecule has 0 bridgehead atoms. The van der Waals surface area contributed by atoms with Crippen LogP contribution in [0.25, 0.3) is 0 Å². The lowest BCUT2D eigenvalue weighted by molar-refractivity contribution is 0.200. The van der Waals surface area contributed by atoms with Crippen molar-refractivity contribution in [1.82, 2.24) is 4.90 Å². The highest BCUT2D eigenvalue weighted by Crippen LogP contribution is 2.26. The second-order valence-electron chi connectivity index (χ2n) is 4.10. The Morgan fingerprint density at radius 3 is 2.65 bits per heavy atom. The van der Waals surface area contributed by atoms with Crippen molar-refractivity contribution in [3.8, 4) is 0 Å². The van der Waals surface area contributed by atoms with E-state index in [2.05, 4.69) is 21.2 Å². The molecule has 1 fully saturated rings. The third-order valence-corrected chi connectivity index (χ3v) is 3.71. The number of hydrogen-bond donors (Lipinski definition) is 1. The summed E-state index contributed by atoms with van der Waals surface area (Å²) in [5.74, 6) is 0. The second kappa shape index (κ2) is 5.74. The zero-order chi connectivity index (χ0) is 12.3. The SMILES string of the molecule is O=C(Nc1ccc(Cl)cc1Br)N1CCCCC1. The number of anilines is 1. The topological polar surface area (TPSA) is 32.3 Å². The van der Waals surface area contributed by atoms with Crippen molar-refractivity contribution in [3.05, 3.63) is 27.7 Å². The monoisotopic (exact) mass is 316 g/mol. The average molecular weight is 318 g/mol. The summed E-state index contributed by atoms with van der Waals surface area (Å²) in [6.07, 6.45) is 3.40. The molecule has 0 radical (unpaired) electrons. The van der Waals surface area contributed by atoms with Crippen LogP contribution in [-0.2, 0) is 0 Å². The standard InChI is InChI=1S/C12H14BrClN2O/c13-10-8-9(14)4-5-11(10)15-12(17)16-6-2-1-3-7-16/h4-5,8H,1-3,6-7H2,(H,15,17). The Bertz CT molecular complexity index is 419. The summed E-state index contributed by atoms with van der Waals surface area (Å²) < 4.78 is 0.801. The van der Waals surface area contributed by atoms with Crippen LogP contribution in [0, 0.1) is 0 Å². The predicted molar refractivity (Wildman–Crippen MR) is 73.6 cm³/mol. The van der Waals surface area contributed by atoms with E-state index in [1.807, 2.05) is 4.90 Å². The van der Waals surface area contributed by atoms with Crippen LogP contribution in [0.4, 0.5) is 10.5 Å². The Labute approximate surface area is 114 Å². The molecule has 0 aliphatic carbocycles. The van der Waals surface area contributed by atoms with Gasteiger partial charge in [0.25, 0.3) is 0 Å². The summed E-state index contributed by atoms with van der Waals surface area (Å²) >= 11 is 9.23. The number of benzene rings is 1. The number of urea groups is 1. The molecular weight excluding hydrogens is 304 g/mol. The Hall–Kier alpha value is -0.740. The zero-order valence-electron chi connectivity index (χ0n) is 9.38. The lowest BCUT2D eigenvalue weighted by Gasteiger charge is -2.27. The van der Waals surface area contributed by atoms with Gasteiger partial charge in [-0.25, -0.2) is 4.79 Å². The van der Waals surface area contributed by atoms with Gasteiger partial charge >= 0.3 is 6.03 Å². The number of halogens is 2. The van der Waals surface area contributed by atoms with E-state index in [0.717, 1.165) is 36.1 Å². The third-order valence-electron chi connectivity index (χ3n) is 2.82. The Balaban J connectivity index is 2.02. The highest BCUT2D eigenvalue weighted by molar-refractivity contribution is 9.10. The first-order valence-electron chi connectivity index (χ1n) is 5.68. The van der Waals surface area contributed by atoms with Gasteiger partial charge in [0.1, 0.15) is 0 Å². The van der Waals surface area contributed by atoms with Crippen LogP contribution in [0.1, 0.15) is 19.3 Å². The van der Waals surface area contributed by atoms with Crippen molar-refractivity contribution in [2.75, 3.05) is 18.4 Å². The third kappa shape index (κ3) is 3.36. The molecule has 1 aliphatic heterocycles. The molecule has 1 aliphatic rings. The summed E-state index contributed by atoms with van der Waals surface area (Å²) in [4.78, 5) is 13.8. The summed E-state index contributed by atoms with van der Waals surface area (Å²) in [6, 6.07) is 5.30. The minimum Gasteiger partial charge on any atom is -0.325 e. The zero-order valence-corrected chi connectivity index (χ0v) is 11.7. The van der Waals surface area contributed by atoms with E-state index in [-0.39, 0.29) is 6.03 Å². The van der Waals surface area contributed by atoms with E-state index in [4.69, 9.17) is 11.6 Å². The molecule has 2 amide bonds. The van der Waals surface area contributed by atoms with Gasteiger partial charge in [0.2, 0.25) is 0 Å². The molecule has 0 atom stereocenters. The Kier molecular flexibility index (Phi) is 4.29. The predicted octanol–water partition coefficient (Wildman–Crippen LogP) is 4.12. The van der Waals surface area contributed by atoms with Gasteiger partial charge in [-0.15, -0.1) is 0 Å². The van der Waals surface area contributed by atoms with Gasteiger partial charge in [0.05, 0.1) is 5.69 Å². The van der Waals surface area contributed by atoms with Crippen LogP contribution in [-0.4, -0.2) is 24.0 Å². The van der Waals surface area contributed by atoms with Crippen molar-refractivity contribution in [2.45, 2.75) is 19.3 Å². The van der Waals surface area contributed by atoms with Gasteiger partial charge in [-0.05, 0) is 53.4 Å². The number of rotatable bonds is 1. The smallest absolute Gasteiger partial charge is 0.321 e. The van der Waals surface area contributed by atoms with Gasteiger partial charge < -0.3 is 10.2 Å². The number of piperidine rings is 1. The molecule has 92 valence electrons. The van der Waals surface area contributed by atoms with Crippen molar-refractivity contribution < 1.29 is 4.79 Å². The van der Waals surface area contributed by atoms with Gasteiger partial charge in [-0.2, -0.15) is 0 Å². The number of hydrogen-bond acceptors (Lipinski definition) is 1. The normalized spacial score (nSPS) is 15.8. The molecule has 0 saturated carbocycles. The van der Waals surface area contributed by atoms with Gasteiger partial charge in [-0.1, -0.05) is 11.6 Å². The fraction of sp³-hybridized carbons (Fsp3) is 0.417. The average Bonchev–Trinajstić information content (AvgIpc) is 2.34. The van der Waals surface area contributed by atoms with E-state index in [1.54, 1.807) is 18.2 Å². The molecule has 0 unspecified atom stereocenters. The minimum atomic E-state index is -0.0345. The maximum atomic E-state index is 12.0. The van der Waals surface area contributed by atoms with Gasteiger partial charge in [0, 0.05) is 22.6 Å². The lowest BCUT2D eigenvalue weighted by Crippen LogP contribution is -2.38. The van der Waals surface area contributed by atoms with Crippen molar-refractivity contribution in [3.63, 3.8) is 0 Å². The van der Waals surface area contributed by atoms with Crippen LogP contribution in [0.15, 0.2) is 22.7 Å². The largest absolute Gasteiger partial charge is 0.325 e. The van der Waals surface area contributed by atoms with Crippen LogP contribution < -0.4 is 5.32 Å². The molecule has 0 spiro atoms. The lowest BCUT2D eigenvalue weighted by atomic mass is 10.1. The molecule has 0 aromatic heterocycles. The molecule has 5 heteroatoms. The quantitative estimate of drug-likeness (QED) is 0.830. The van der Waals surface area contributed by atoms with Crippen LogP contribution in [0.5, 0.6) is 0 Å². The first-order chi connectivity index (χ1) is 8.16. The fourth-order valence-corrected chi connectivity index (χ4v) is 2.66. The summed E-state index contributed by atoms with van der Waals surface area (Å²) in [5.41, 5.74) is 0.755. The number of carbonyl (C=O) groups is 1. The molecule has 2 rings (SSSR count). The second-order valence-corrected chi connectivity index (χ2v) is 5.39.